The van der Waals surface area contributed by atoms with E-state index in [0.29, 0.717) is 29.6 Å². The van der Waals surface area contributed by atoms with Crippen LogP contribution in [-0.4, -0.2) is 38.4 Å². The minimum absolute atomic E-state index is 0.144. The van der Waals surface area contributed by atoms with Gasteiger partial charge in [-0.1, -0.05) is 81.8 Å². The van der Waals surface area contributed by atoms with E-state index in [1.54, 1.807) is 12.1 Å². The van der Waals surface area contributed by atoms with E-state index in [2.05, 4.69) is 30.7 Å². The number of rotatable bonds is 7. The lowest BCUT2D eigenvalue weighted by atomic mass is 9.70. The van der Waals surface area contributed by atoms with Crippen LogP contribution in [0.15, 0.2) is 54.6 Å². The fraction of sp³-hybridized carbons (Fsp3) is 0.480. The third-order valence-corrected chi connectivity index (χ3v) is 7.83. The quantitative estimate of drug-likeness (QED) is 0.622. The highest BCUT2D eigenvalue weighted by Gasteiger charge is 2.41. The second-order valence-corrected chi connectivity index (χ2v) is 11.9. The molecule has 1 heterocycles. The molecule has 32 heavy (non-hydrogen) atoms. The zero-order valence-corrected chi connectivity index (χ0v) is 20.8. The molecule has 1 amide bonds. The first kappa shape index (κ1) is 24.7. The van der Waals surface area contributed by atoms with Crippen LogP contribution in [0.3, 0.4) is 0 Å². The second-order valence-electron chi connectivity index (χ2n) is 9.73. The van der Waals surface area contributed by atoms with Crippen LogP contribution in [0.5, 0.6) is 0 Å². The van der Waals surface area contributed by atoms with E-state index in [1.807, 2.05) is 49.1 Å². The fourth-order valence-corrected chi connectivity index (χ4v) is 6.16. The molecular formula is C25H33ClN2O3S. The lowest BCUT2D eigenvalue weighted by Gasteiger charge is -2.45. The topological polar surface area (TPSA) is 66.5 Å². The van der Waals surface area contributed by atoms with Gasteiger partial charge in [-0.15, -0.1) is 0 Å². The average molecular weight is 477 g/mol. The number of carbonyl (C=O) groups is 1. The molecule has 2 aromatic carbocycles. The van der Waals surface area contributed by atoms with Gasteiger partial charge in [-0.25, -0.2) is 13.1 Å². The molecule has 2 aromatic rings. The molecule has 1 fully saturated rings. The highest BCUT2D eigenvalue weighted by Crippen LogP contribution is 2.42. The molecule has 7 heteroatoms. The van der Waals surface area contributed by atoms with Crippen molar-refractivity contribution in [3.8, 4) is 0 Å². The molecule has 5 nitrogen and oxygen atoms in total. The minimum atomic E-state index is -3.66. The van der Waals surface area contributed by atoms with Crippen molar-refractivity contribution >= 4 is 27.5 Å². The van der Waals surface area contributed by atoms with Gasteiger partial charge in [-0.05, 0) is 46.9 Å². The molecule has 0 saturated carbocycles. The van der Waals surface area contributed by atoms with Gasteiger partial charge in [0.1, 0.15) is 6.04 Å². The van der Waals surface area contributed by atoms with Crippen LogP contribution >= 0.6 is 11.6 Å². The first-order chi connectivity index (χ1) is 15.0. The number of likely N-dealkylation sites (tertiary alicyclic amines) is 1. The van der Waals surface area contributed by atoms with Gasteiger partial charge >= 0.3 is 0 Å². The number of hydrogen-bond acceptors (Lipinski definition) is 3. The smallest absolute Gasteiger partial charge is 0.241 e. The van der Waals surface area contributed by atoms with Gasteiger partial charge in [-0.3, -0.25) is 4.79 Å². The molecule has 0 unspecified atom stereocenters. The maximum atomic E-state index is 13.4. The molecule has 2 atom stereocenters. The van der Waals surface area contributed by atoms with Crippen molar-refractivity contribution in [1.29, 1.82) is 0 Å². The van der Waals surface area contributed by atoms with E-state index in [-0.39, 0.29) is 23.0 Å². The van der Waals surface area contributed by atoms with Gasteiger partial charge in [-0.2, -0.15) is 0 Å². The normalized spacial score (nSPS) is 19.7. The predicted molar refractivity (Wildman–Crippen MR) is 130 cm³/mol. The van der Waals surface area contributed by atoms with Crippen LogP contribution in [0, 0.1) is 11.3 Å². The molecule has 1 N–H and O–H groups in total. The fourth-order valence-electron chi connectivity index (χ4n) is 4.55. The Hall–Kier alpha value is -1.89. The summed E-state index contributed by atoms with van der Waals surface area (Å²) in [7, 11) is -3.66. The second kappa shape index (κ2) is 9.94. The van der Waals surface area contributed by atoms with Crippen molar-refractivity contribution in [3.05, 3.63) is 70.7 Å². The van der Waals surface area contributed by atoms with Crippen molar-refractivity contribution in [2.75, 3.05) is 13.1 Å². The molecule has 1 saturated heterocycles. The van der Waals surface area contributed by atoms with Crippen LogP contribution < -0.4 is 4.72 Å². The van der Waals surface area contributed by atoms with Crippen molar-refractivity contribution in [1.82, 2.24) is 9.62 Å². The summed E-state index contributed by atoms with van der Waals surface area (Å²) in [6.07, 6.45) is 0.821. The zero-order chi connectivity index (χ0) is 23.5. The summed E-state index contributed by atoms with van der Waals surface area (Å²) in [6.45, 7) is 9.24. The minimum Gasteiger partial charge on any atom is -0.341 e. The molecule has 174 valence electrons. The highest BCUT2D eigenvalue weighted by atomic mass is 35.5. The number of benzene rings is 2. The van der Waals surface area contributed by atoms with Gasteiger partial charge in [0.2, 0.25) is 15.9 Å². The monoisotopic (exact) mass is 476 g/mol. The van der Waals surface area contributed by atoms with Gasteiger partial charge in [0, 0.05) is 18.1 Å². The van der Waals surface area contributed by atoms with Crippen LogP contribution in [0.2, 0.25) is 5.02 Å². The summed E-state index contributed by atoms with van der Waals surface area (Å²) in [5.41, 5.74) is 1.77. The summed E-state index contributed by atoms with van der Waals surface area (Å²) in [6, 6.07) is 16.1. The number of piperidine rings is 1. The van der Waals surface area contributed by atoms with Gasteiger partial charge in [0.05, 0.1) is 5.75 Å². The molecule has 0 bridgehead atoms. The summed E-state index contributed by atoms with van der Waals surface area (Å²) in [5, 5.41) is 0.710. The SMILES string of the molecule is CC(C)[C@@H](NS(=O)(=O)Cc1ccccc1)C(=O)N1CC[C@H](c2ccc(Cl)cc2)C(C)(C)C1. The van der Waals surface area contributed by atoms with Gasteiger partial charge in [0.25, 0.3) is 0 Å². The molecule has 0 spiro atoms. The Morgan fingerprint density at radius 1 is 1.12 bits per heavy atom. The standard InChI is InChI=1S/C25H33ClN2O3S/c1-18(2)23(27-32(30,31)16-19-8-6-5-7-9-19)24(29)28-15-14-22(25(3,4)17-28)20-10-12-21(26)13-11-20/h5-13,18,22-23,27H,14-17H2,1-4H3/t22-,23-/m1/s1. The van der Waals surface area contributed by atoms with Crippen LogP contribution in [0.4, 0.5) is 0 Å². The Morgan fingerprint density at radius 3 is 2.31 bits per heavy atom. The van der Waals surface area contributed by atoms with E-state index in [9.17, 15) is 13.2 Å². The van der Waals surface area contributed by atoms with Gasteiger partial charge < -0.3 is 4.90 Å². The average Bonchev–Trinajstić information content (AvgIpc) is 2.72. The van der Waals surface area contributed by atoms with Crippen molar-refractivity contribution in [2.24, 2.45) is 11.3 Å². The van der Waals surface area contributed by atoms with Crippen molar-refractivity contribution < 1.29 is 13.2 Å². The zero-order valence-electron chi connectivity index (χ0n) is 19.2. The first-order valence-electron chi connectivity index (χ1n) is 11.1. The van der Waals surface area contributed by atoms with E-state index < -0.39 is 16.1 Å². The van der Waals surface area contributed by atoms with Crippen LogP contribution in [-0.2, 0) is 20.6 Å². The number of nitrogens with zero attached hydrogens (tertiary/aromatic N) is 1. The summed E-state index contributed by atoms with van der Waals surface area (Å²) < 4.78 is 28.3. The van der Waals surface area contributed by atoms with E-state index >= 15 is 0 Å². The summed E-state index contributed by atoms with van der Waals surface area (Å²) >= 11 is 6.05. The highest BCUT2D eigenvalue weighted by molar-refractivity contribution is 7.88. The predicted octanol–water partition coefficient (Wildman–Crippen LogP) is 4.83. The lowest BCUT2D eigenvalue weighted by Crippen LogP contribution is -2.55. The van der Waals surface area contributed by atoms with Crippen LogP contribution in [0.25, 0.3) is 0 Å². The number of halogens is 1. The number of amides is 1. The Labute approximate surface area is 197 Å². The number of nitrogens with one attached hydrogen (secondary N) is 1. The van der Waals surface area contributed by atoms with Crippen molar-refractivity contribution in [3.63, 3.8) is 0 Å². The molecule has 1 aliphatic rings. The Kier molecular flexibility index (Phi) is 7.69. The molecule has 0 aromatic heterocycles. The third-order valence-electron chi connectivity index (χ3n) is 6.25. The maximum Gasteiger partial charge on any atom is 0.241 e. The third kappa shape index (κ3) is 6.12. The first-order valence-corrected chi connectivity index (χ1v) is 13.1. The summed E-state index contributed by atoms with van der Waals surface area (Å²) in [4.78, 5) is 15.2. The number of hydrogen-bond donors (Lipinski definition) is 1. The summed E-state index contributed by atoms with van der Waals surface area (Å²) in [5.74, 6) is -0.158. The lowest BCUT2D eigenvalue weighted by molar-refractivity contribution is -0.137. The van der Waals surface area contributed by atoms with Gasteiger partial charge in [0.15, 0.2) is 0 Å². The van der Waals surface area contributed by atoms with Crippen molar-refractivity contribution in [2.45, 2.75) is 51.8 Å². The Balaban J connectivity index is 1.72. The Morgan fingerprint density at radius 2 is 1.75 bits per heavy atom. The maximum absolute atomic E-state index is 13.4. The molecule has 0 radical (unpaired) electrons. The van der Waals surface area contributed by atoms with E-state index in [4.69, 9.17) is 11.6 Å². The van der Waals surface area contributed by atoms with E-state index in [1.165, 1.54) is 5.56 Å². The molecule has 3 rings (SSSR count). The van der Waals surface area contributed by atoms with Crippen LogP contribution in [0.1, 0.15) is 51.2 Å². The molecular weight excluding hydrogens is 444 g/mol. The molecule has 0 aliphatic carbocycles. The largest absolute Gasteiger partial charge is 0.341 e. The Bertz CT molecular complexity index is 1020. The number of carbonyl (C=O) groups excluding carboxylic acids is 1. The number of sulfonamides is 1. The molecule has 1 aliphatic heterocycles. The van der Waals surface area contributed by atoms with E-state index in [0.717, 1.165) is 6.42 Å².